The van der Waals surface area contributed by atoms with Gasteiger partial charge in [-0.15, -0.1) is 16.4 Å². The average molecular weight is 550 g/mol. The highest BCUT2D eigenvalue weighted by molar-refractivity contribution is 7.11. The van der Waals surface area contributed by atoms with Crippen LogP contribution in [0.15, 0.2) is 103 Å². The fourth-order valence-corrected chi connectivity index (χ4v) is 6.53. The smallest absolute Gasteiger partial charge is 0.291 e. The van der Waals surface area contributed by atoms with E-state index in [1.165, 1.54) is 36.4 Å². The van der Waals surface area contributed by atoms with Crippen molar-refractivity contribution in [1.82, 2.24) is 0 Å². The van der Waals surface area contributed by atoms with Gasteiger partial charge in [-0.3, -0.25) is 30.3 Å². The fraction of sp³-hybridized carbons (Fsp3) is 0.133. The van der Waals surface area contributed by atoms with Gasteiger partial charge in [-0.1, -0.05) is 77.9 Å². The predicted octanol–water partition coefficient (Wildman–Crippen LogP) is 5.10. The standard InChI is InChI=1S/C30H27BN4O6/c1-35(2)21-20-29(22-6-4-3-5-7-22)30(23-8-14-26(15-9-23)32(36)37)31(35,24-10-16-27(17-11-24)33(38)39)25-12-18-28(19-13-25)34(40)41/h3-19H,20-21H2,1-2H3. The van der Waals surface area contributed by atoms with Crippen LogP contribution in [0.25, 0.3) is 11.0 Å². The van der Waals surface area contributed by atoms with E-state index in [9.17, 15) is 30.3 Å². The largest absolute Gasteiger partial charge is 0.508 e. The Labute approximate surface area is 236 Å². The first-order valence-electron chi connectivity index (χ1n) is 13.1. The summed E-state index contributed by atoms with van der Waals surface area (Å²) in [6.45, 7) is 0.703. The second-order valence-electron chi connectivity index (χ2n) is 10.8. The number of hydrogen-bond donors (Lipinski definition) is 0. The van der Waals surface area contributed by atoms with Gasteiger partial charge in [-0.25, -0.2) is 0 Å². The summed E-state index contributed by atoms with van der Waals surface area (Å²) in [6.07, 6.45) is -1.30. The van der Waals surface area contributed by atoms with Gasteiger partial charge in [0.25, 0.3) is 23.3 Å². The van der Waals surface area contributed by atoms with Crippen LogP contribution in [0, 0.1) is 30.3 Å². The molecule has 0 aliphatic carbocycles. The van der Waals surface area contributed by atoms with Crippen molar-refractivity contribution in [3.63, 3.8) is 0 Å². The molecule has 4 aromatic rings. The molecular weight excluding hydrogens is 523 g/mol. The van der Waals surface area contributed by atoms with Gasteiger partial charge < -0.3 is 4.39 Å². The normalized spacial score (nSPS) is 15.8. The minimum Gasteiger partial charge on any atom is -0.508 e. The molecule has 0 amide bonds. The van der Waals surface area contributed by atoms with Crippen LogP contribution >= 0.6 is 0 Å². The molecule has 206 valence electrons. The van der Waals surface area contributed by atoms with Crippen molar-refractivity contribution in [2.75, 3.05) is 20.6 Å². The monoisotopic (exact) mass is 550 g/mol. The summed E-state index contributed by atoms with van der Waals surface area (Å²) in [6, 6.07) is 29.3. The third-order valence-corrected chi connectivity index (χ3v) is 8.41. The molecule has 0 saturated heterocycles. The first-order valence-corrected chi connectivity index (χ1v) is 13.1. The first kappa shape index (κ1) is 27.4. The molecule has 10 nitrogen and oxygen atoms in total. The number of nitrogens with zero attached hydrogens (tertiary/aromatic N) is 4. The van der Waals surface area contributed by atoms with Crippen molar-refractivity contribution in [3.8, 4) is 0 Å². The lowest BCUT2D eigenvalue weighted by Gasteiger charge is -2.61. The van der Waals surface area contributed by atoms with Crippen molar-refractivity contribution >= 4 is 45.3 Å². The van der Waals surface area contributed by atoms with Gasteiger partial charge in [0.15, 0.2) is 0 Å². The summed E-state index contributed by atoms with van der Waals surface area (Å²) < 4.78 is 0.443. The zero-order valence-electron chi connectivity index (χ0n) is 22.5. The van der Waals surface area contributed by atoms with E-state index in [1.54, 1.807) is 36.4 Å². The van der Waals surface area contributed by atoms with E-state index in [0.29, 0.717) is 17.4 Å². The van der Waals surface area contributed by atoms with Crippen LogP contribution in [-0.2, 0) is 0 Å². The van der Waals surface area contributed by atoms with E-state index in [4.69, 9.17) is 0 Å². The number of nitro benzene ring substituents is 3. The van der Waals surface area contributed by atoms with Gasteiger partial charge in [-0.05, 0) is 5.56 Å². The summed E-state index contributed by atoms with van der Waals surface area (Å²) >= 11 is 0. The number of hydrogen-bond acceptors (Lipinski definition) is 6. The summed E-state index contributed by atoms with van der Waals surface area (Å²) in [5.41, 5.74) is 5.25. The Hall–Kier alpha value is -5.16. The number of non-ortho nitro benzene ring substituents is 3. The summed E-state index contributed by atoms with van der Waals surface area (Å²) in [4.78, 5) is 33.3. The van der Waals surface area contributed by atoms with Crippen LogP contribution in [0.2, 0.25) is 0 Å². The number of quaternary nitrogens is 1. The maximum absolute atomic E-state index is 11.6. The van der Waals surface area contributed by atoms with Crippen LogP contribution in [0.3, 0.4) is 0 Å². The van der Waals surface area contributed by atoms with E-state index in [-0.39, 0.29) is 17.1 Å². The zero-order chi connectivity index (χ0) is 29.4. The minimum atomic E-state index is -2.00. The summed E-state index contributed by atoms with van der Waals surface area (Å²) in [5.74, 6) is 0. The van der Waals surface area contributed by atoms with Crippen molar-refractivity contribution < 1.29 is 19.2 Å². The van der Waals surface area contributed by atoms with Crippen LogP contribution in [0.5, 0.6) is 0 Å². The molecule has 1 aliphatic heterocycles. The Morgan fingerprint density at radius 1 is 0.585 bits per heavy atom. The van der Waals surface area contributed by atoms with Gasteiger partial charge in [0, 0.05) is 63.5 Å². The lowest BCUT2D eigenvalue weighted by molar-refractivity contribution is -0.786. The van der Waals surface area contributed by atoms with Gasteiger partial charge >= 0.3 is 0 Å². The molecule has 4 aromatic carbocycles. The molecule has 0 radical (unpaired) electrons. The molecule has 0 spiro atoms. The molecule has 5 rings (SSSR count). The number of nitro groups is 3. The molecule has 11 heteroatoms. The quantitative estimate of drug-likeness (QED) is 0.179. The highest BCUT2D eigenvalue weighted by atomic mass is 16.6. The maximum atomic E-state index is 11.6. The van der Waals surface area contributed by atoms with Gasteiger partial charge in [-0.2, -0.15) is 0 Å². The molecule has 1 heterocycles. The molecule has 0 atom stereocenters. The second kappa shape index (κ2) is 10.4. The summed E-state index contributed by atoms with van der Waals surface area (Å²) in [5, 5.41) is 34.6. The molecule has 1 aliphatic rings. The van der Waals surface area contributed by atoms with Crippen LogP contribution < -0.4 is 10.9 Å². The molecule has 0 fully saturated rings. The molecule has 0 bridgehead atoms. The Bertz CT molecular complexity index is 1610. The van der Waals surface area contributed by atoms with E-state index in [2.05, 4.69) is 14.1 Å². The van der Waals surface area contributed by atoms with Crippen LogP contribution in [0.1, 0.15) is 17.5 Å². The number of rotatable bonds is 7. The number of benzene rings is 4. The third kappa shape index (κ3) is 4.66. The fourth-order valence-electron chi connectivity index (χ4n) is 6.53. The van der Waals surface area contributed by atoms with Crippen molar-refractivity contribution in [2.24, 2.45) is 0 Å². The van der Waals surface area contributed by atoms with Gasteiger partial charge in [0.2, 0.25) is 0 Å². The maximum Gasteiger partial charge on any atom is 0.291 e. The minimum absolute atomic E-state index is 0.0380. The predicted molar refractivity (Wildman–Crippen MR) is 159 cm³/mol. The Morgan fingerprint density at radius 3 is 1.41 bits per heavy atom. The van der Waals surface area contributed by atoms with Gasteiger partial charge in [0.1, 0.15) is 0 Å². The molecule has 0 unspecified atom stereocenters. The van der Waals surface area contributed by atoms with Gasteiger partial charge in [0.05, 0.1) is 14.8 Å². The van der Waals surface area contributed by atoms with Crippen LogP contribution in [-0.4, -0.2) is 46.1 Å². The molecule has 41 heavy (non-hydrogen) atoms. The van der Waals surface area contributed by atoms with E-state index < -0.39 is 21.1 Å². The first-order chi connectivity index (χ1) is 19.6. The highest BCUT2D eigenvalue weighted by Crippen LogP contribution is 2.44. The Balaban J connectivity index is 1.93. The molecule has 0 N–H and O–H groups in total. The molecular formula is C30H27BN4O6. The van der Waals surface area contributed by atoms with E-state index in [0.717, 1.165) is 33.1 Å². The molecule has 0 aromatic heterocycles. The lowest BCUT2D eigenvalue weighted by Crippen LogP contribution is -2.79. The second-order valence-corrected chi connectivity index (χ2v) is 10.8. The van der Waals surface area contributed by atoms with E-state index >= 15 is 0 Å². The Morgan fingerprint density at radius 2 is 1.00 bits per heavy atom. The van der Waals surface area contributed by atoms with Crippen molar-refractivity contribution in [3.05, 3.63) is 145 Å². The zero-order valence-corrected chi connectivity index (χ0v) is 22.5. The SMILES string of the molecule is C[N+]1(C)CCC(c2ccccc2)=C(c2ccc([N+](=O)[O-])cc2)[B-]1(c1ccc([N+](=O)[O-])cc1)c1ccc([N+](=O)[O-])cc1. The Kier molecular flexibility index (Phi) is 6.98. The van der Waals surface area contributed by atoms with Crippen LogP contribution in [0.4, 0.5) is 17.1 Å². The average Bonchev–Trinajstić information content (AvgIpc) is 2.97. The van der Waals surface area contributed by atoms with E-state index in [1.807, 2.05) is 30.3 Å². The van der Waals surface area contributed by atoms with Crippen molar-refractivity contribution in [1.29, 1.82) is 0 Å². The third-order valence-electron chi connectivity index (χ3n) is 8.41. The highest BCUT2D eigenvalue weighted by Gasteiger charge is 2.51. The lowest BCUT2D eigenvalue weighted by atomic mass is 9.19. The topological polar surface area (TPSA) is 129 Å². The van der Waals surface area contributed by atoms with Crippen molar-refractivity contribution in [2.45, 2.75) is 6.42 Å². The summed E-state index contributed by atoms with van der Waals surface area (Å²) in [7, 11) is 4.19. The molecule has 0 saturated carbocycles.